The number of imide groups is 1. The Morgan fingerprint density at radius 2 is 2.00 bits per heavy atom. The van der Waals surface area contributed by atoms with Crippen molar-refractivity contribution >= 4 is 22.8 Å². The van der Waals surface area contributed by atoms with E-state index >= 15 is 0 Å². The minimum Gasteiger partial charge on any atom is -0.316 e. The molecule has 7 heteroatoms. The fraction of sp³-hybridized carbons (Fsp3) is 0.500. The molecule has 2 saturated heterocycles. The van der Waals surface area contributed by atoms with Crippen molar-refractivity contribution in [3.8, 4) is 0 Å². The van der Waals surface area contributed by atoms with Crippen molar-refractivity contribution in [2.75, 3.05) is 13.1 Å². The van der Waals surface area contributed by atoms with Crippen molar-refractivity contribution in [3.05, 3.63) is 34.2 Å². The Morgan fingerprint density at radius 3 is 2.72 bits per heavy atom. The van der Waals surface area contributed by atoms with Crippen molar-refractivity contribution in [3.63, 3.8) is 0 Å². The van der Waals surface area contributed by atoms with E-state index in [0.29, 0.717) is 12.3 Å². The Hall–Kier alpha value is -2.41. The minimum atomic E-state index is -0.631. The summed E-state index contributed by atoms with van der Waals surface area (Å²) in [6.07, 6.45) is 2.82. The van der Waals surface area contributed by atoms with Crippen LogP contribution < -0.4 is 16.3 Å². The third-order valence-electron chi connectivity index (χ3n) is 5.39. The number of aromatic nitrogens is 2. The predicted molar refractivity (Wildman–Crippen MR) is 93.4 cm³/mol. The molecule has 2 aromatic rings. The summed E-state index contributed by atoms with van der Waals surface area (Å²) in [5.74, 6) is -0.306. The van der Waals surface area contributed by atoms with Crippen molar-refractivity contribution < 1.29 is 9.59 Å². The van der Waals surface area contributed by atoms with Gasteiger partial charge in [-0.3, -0.25) is 24.0 Å². The minimum absolute atomic E-state index is 0.208. The third-order valence-corrected chi connectivity index (χ3v) is 5.39. The Morgan fingerprint density at radius 1 is 1.16 bits per heavy atom. The molecule has 0 radical (unpaired) electrons. The number of piperidine rings is 2. The van der Waals surface area contributed by atoms with E-state index in [1.807, 2.05) is 12.1 Å². The molecule has 2 atom stereocenters. The molecule has 1 aromatic carbocycles. The summed E-state index contributed by atoms with van der Waals surface area (Å²) in [6.45, 7) is 1.93. The SMILES string of the molecule is Cn1c(=O)n(C2CCC(=O)NC2=O)c2cccc(C3CCCNC3)c21. The van der Waals surface area contributed by atoms with Crippen molar-refractivity contribution in [2.45, 2.75) is 37.6 Å². The number of hydrogen-bond acceptors (Lipinski definition) is 4. The fourth-order valence-corrected chi connectivity index (χ4v) is 4.15. The molecule has 2 aliphatic heterocycles. The van der Waals surface area contributed by atoms with Crippen LogP contribution in [-0.4, -0.2) is 34.0 Å². The van der Waals surface area contributed by atoms with E-state index in [0.717, 1.165) is 42.5 Å². The molecule has 3 heterocycles. The van der Waals surface area contributed by atoms with Crippen LogP contribution in [0.2, 0.25) is 0 Å². The lowest BCUT2D eigenvalue weighted by Crippen LogP contribution is -2.44. The molecule has 0 aliphatic carbocycles. The zero-order valence-electron chi connectivity index (χ0n) is 14.2. The topological polar surface area (TPSA) is 85.1 Å². The van der Waals surface area contributed by atoms with E-state index < -0.39 is 11.9 Å². The number of fused-ring (bicyclic) bond motifs is 1. The summed E-state index contributed by atoms with van der Waals surface area (Å²) >= 11 is 0. The third kappa shape index (κ3) is 2.59. The molecular formula is C18H22N4O3. The molecule has 7 nitrogen and oxygen atoms in total. The molecule has 2 amide bonds. The van der Waals surface area contributed by atoms with E-state index in [1.165, 1.54) is 0 Å². The lowest BCUT2D eigenvalue weighted by Gasteiger charge is -2.24. The quantitative estimate of drug-likeness (QED) is 0.790. The normalized spacial score (nSPS) is 24.5. The van der Waals surface area contributed by atoms with Crippen LogP contribution >= 0.6 is 0 Å². The predicted octanol–water partition coefficient (Wildman–Crippen LogP) is 0.785. The highest BCUT2D eigenvalue weighted by atomic mass is 16.2. The molecule has 0 bridgehead atoms. The second-order valence-electron chi connectivity index (χ2n) is 6.94. The van der Waals surface area contributed by atoms with Gasteiger partial charge in [-0.2, -0.15) is 0 Å². The van der Waals surface area contributed by atoms with Crippen LogP contribution in [-0.2, 0) is 16.6 Å². The number of rotatable bonds is 2. The molecule has 0 spiro atoms. The number of imidazole rings is 1. The van der Waals surface area contributed by atoms with Gasteiger partial charge in [0.05, 0.1) is 11.0 Å². The van der Waals surface area contributed by atoms with Gasteiger partial charge in [0.25, 0.3) is 0 Å². The number of carbonyl (C=O) groups is 2. The van der Waals surface area contributed by atoms with Gasteiger partial charge in [0.15, 0.2) is 0 Å². The maximum absolute atomic E-state index is 12.9. The van der Waals surface area contributed by atoms with Gasteiger partial charge in [-0.1, -0.05) is 12.1 Å². The first-order valence-electron chi connectivity index (χ1n) is 8.82. The standard InChI is InChI=1S/C18H22N4O3/c1-21-16-12(11-4-3-9-19-10-11)5-2-6-13(16)22(18(21)25)14-7-8-15(23)20-17(14)24/h2,5-6,11,14,19H,3-4,7-10H2,1H3,(H,20,23,24). The fourth-order valence-electron chi connectivity index (χ4n) is 4.15. The molecule has 1 aromatic heterocycles. The number of benzene rings is 1. The highest BCUT2D eigenvalue weighted by molar-refractivity contribution is 6.00. The van der Waals surface area contributed by atoms with E-state index in [4.69, 9.17) is 0 Å². The molecule has 132 valence electrons. The summed E-state index contributed by atoms with van der Waals surface area (Å²) in [4.78, 5) is 36.6. The van der Waals surface area contributed by atoms with Crippen molar-refractivity contribution in [1.82, 2.24) is 19.8 Å². The molecule has 25 heavy (non-hydrogen) atoms. The van der Waals surface area contributed by atoms with Gasteiger partial charge in [-0.05, 0) is 43.4 Å². The zero-order valence-corrected chi connectivity index (χ0v) is 14.2. The summed E-state index contributed by atoms with van der Waals surface area (Å²) in [6, 6.07) is 5.29. The Bertz CT molecular complexity index is 905. The monoisotopic (exact) mass is 342 g/mol. The highest BCUT2D eigenvalue weighted by Gasteiger charge is 2.32. The maximum Gasteiger partial charge on any atom is 0.329 e. The van der Waals surface area contributed by atoms with Gasteiger partial charge in [-0.15, -0.1) is 0 Å². The van der Waals surface area contributed by atoms with Gasteiger partial charge < -0.3 is 5.32 Å². The van der Waals surface area contributed by atoms with Gasteiger partial charge in [0.2, 0.25) is 11.8 Å². The number of hydrogen-bond donors (Lipinski definition) is 2. The van der Waals surface area contributed by atoms with E-state index in [2.05, 4.69) is 16.7 Å². The first-order chi connectivity index (χ1) is 12.1. The molecule has 2 fully saturated rings. The van der Waals surface area contributed by atoms with Gasteiger partial charge in [0, 0.05) is 20.0 Å². The van der Waals surface area contributed by atoms with Crippen molar-refractivity contribution in [2.24, 2.45) is 7.05 Å². The zero-order chi connectivity index (χ0) is 17.6. The number of para-hydroxylation sites is 1. The summed E-state index contributed by atoms with van der Waals surface area (Å²) in [5.41, 5.74) is 2.60. The second-order valence-corrected chi connectivity index (χ2v) is 6.94. The van der Waals surface area contributed by atoms with Gasteiger partial charge in [-0.25, -0.2) is 4.79 Å². The van der Waals surface area contributed by atoms with Crippen molar-refractivity contribution in [1.29, 1.82) is 0 Å². The Labute approximate surface area is 145 Å². The summed E-state index contributed by atoms with van der Waals surface area (Å²) < 4.78 is 3.19. The average molecular weight is 342 g/mol. The molecular weight excluding hydrogens is 320 g/mol. The molecule has 4 rings (SSSR count). The van der Waals surface area contributed by atoms with Gasteiger partial charge >= 0.3 is 5.69 Å². The summed E-state index contributed by atoms with van der Waals surface area (Å²) in [5, 5.41) is 5.77. The van der Waals surface area contributed by atoms with Crippen LogP contribution in [0.5, 0.6) is 0 Å². The van der Waals surface area contributed by atoms with Crippen LogP contribution in [0.25, 0.3) is 11.0 Å². The maximum atomic E-state index is 12.9. The van der Waals surface area contributed by atoms with Crippen LogP contribution in [0.4, 0.5) is 0 Å². The van der Waals surface area contributed by atoms with E-state index in [9.17, 15) is 14.4 Å². The Kier molecular flexibility index (Phi) is 3.95. The van der Waals surface area contributed by atoms with E-state index in [-0.39, 0.29) is 18.0 Å². The van der Waals surface area contributed by atoms with Crippen LogP contribution in [0.1, 0.15) is 43.2 Å². The molecule has 2 N–H and O–H groups in total. The van der Waals surface area contributed by atoms with Crippen LogP contribution in [0, 0.1) is 0 Å². The number of carbonyl (C=O) groups excluding carboxylic acids is 2. The summed E-state index contributed by atoms with van der Waals surface area (Å²) in [7, 11) is 1.76. The number of nitrogens with zero attached hydrogens (tertiary/aromatic N) is 2. The number of aryl methyl sites for hydroxylation is 1. The lowest BCUT2D eigenvalue weighted by atomic mass is 9.90. The smallest absolute Gasteiger partial charge is 0.316 e. The number of amides is 2. The Balaban J connectivity index is 1.86. The lowest BCUT2D eigenvalue weighted by molar-refractivity contribution is -0.135. The van der Waals surface area contributed by atoms with Crippen LogP contribution in [0.3, 0.4) is 0 Å². The molecule has 0 saturated carbocycles. The second kappa shape index (κ2) is 6.15. The highest BCUT2D eigenvalue weighted by Crippen LogP contribution is 2.31. The molecule has 2 unspecified atom stereocenters. The first-order valence-corrected chi connectivity index (χ1v) is 8.82. The van der Waals surface area contributed by atoms with Crippen LogP contribution in [0.15, 0.2) is 23.0 Å². The first kappa shape index (κ1) is 16.1. The average Bonchev–Trinajstić information content (AvgIpc) is 2.87. The molecule has 2 aliphatic rings. The van der Waals surface area contributed by atoms with Gasteiger partial charge in [0.1, 0.15) is 6.04 Å². The number of nitrogens with one attached hydrogen (secondary N) is 2. The van der Waals surface area contributed by atoms with E-state index in [1.54, 1.807) is 16.2 Å². The largest absolute Gasteiger partial charge is 0.329 e.